The molecule has 0 aliphatic heterocycles. The van der Waals surface area contributed by atoms with Gasteiger partial charge in [0.2, 0.25) is 5.88 Å². The molecule has 10 heteroatoms. The number of alkyl halides is 3. The summed E-state index contributed by atoms with van der Waals surface area (Å²) in [6.07, 6.45) is -0.131. The van der Waals surface area contributed by atoms with E-state index in [9.17, 15) is 23.1 Å². The van der Waals surface area contributed by atoms with Crippen molar-refractivity contribution >= 4 is 6.03 Å². The van der Waals surface area contributed by atoms with Crippen LogP contribution in [0.15, 0.2) is 6.07 Å². The molecule has 0 aromatic carbocycles. The second-order valence-corrected chi connectivity index (χ2v) is 7.04. The third-order valence-corrected chi connectivity index (χ3v) is 4.71. The van der Waals surface area contributed by atoms with Gasteiger partial charge in [0.15, 0.2) is 6.61 Å². The Bertz CT molecular complexity index is 671. The zero-order chi connectivity index (χ0) is 18.9. The average Bonchev–Trinajstić information content (AvgIpc) is 3.30. The highest BCUT2D eigenvalue weighted by atomic mass is 19.4. The number of nitrogens with zero attached hydrogens (tertiary/aromatic N) is 2. The van der Waals surface area contributed by atoms with Crippen LogP contribution in [0.25, 0.3) is 0 Å². The number of urea groups is 1. The van der Waals surface area contributed by atoms with Crippen LogP contribution in [0.5, 0.6) is 5.88 Å². The zero-order valence-corrected chi connectivity index (χ0v) is 14.3. The fourth-order valence-corrected chi connectivity index (χ4v) is 3.24. The number of amides is 2. The maximum Gasteiger partial charge on any atom is 0.422 e. The van der Waals surface area contributed by atoms with E-state index in [4.69, 9.17) is 0 Å². The van der Waals surface area contributed by atoms with E-state index < -0.39 is 31.5 Å². The molecule has 1 spiro atoms. The highest BCUT2D eigenvalue weighted by molar-refractivity contribution is 5.75. The fourth-order valence-electron chi connectivity index (χ4n) is 3.24. The summed E-state index contributed by atoms with van der Waals surface area (Å²) in [5.74, 6) is -0.0878. The van der Waals surface area contributed by atoms with Crippen LogP contribution in [0.3, 0.4) is 0 Å². The number of rotatable bonds is 6. The summed E-state index contributed by atoms with van der Waals surface area (Å²) in [6, 6.07) is -0.0178. The predicted molar refractivity (Wildman–Crippen MR) is 84.5 cm³/mol. The van der Waals surface area contributed by atoms with Gasteiger partial charge < -0.3 is 20.5 Å². The quantitative estimate of drug-likeness (QED) is 0.708. The first kappa shape index (κ1) is 18.7. The first-order chi connectivity index (χ1) is 12.2. The van der Waals surface area contributed by atoms with E-state index in [2.05, 4.69) is 25.3 Å². The second kappa shape index (κ2) is 6.90. The van der Waals surface area contributed by atoms with Gasteiger partial charge in [0.1, 0.15) is 5.82 Å². The summed E-state index contributed by atoms with van der Waals surface area (Å²) in [5.41, 5.74) is 0.627. The first-order valence-electron chi connectivity index (χ1n) is 8.41. The highest BCUT2D eigenvalue weighted by Crippen LogP contribution is 2.60. The SMILES string of the molecule is Cc1nc(OCC(F)(F)F)cc(C(CO)NC(=O)NC2CC3(CC3)C2)n1. The molecule has 2 saturated carbocycles. The lowest BCUT2D eigenvalue weighted by atomic mass is 9.77. The number of aliphatic hydroxyl groups is 1. The molecule has 144 valence electrons. The van der Waals surface area contributed by atoms with Gasteiger partial charge in [-0.2, -0.15) is 18.2 Å². The van der Waals surface area contributed by atoms with Crippen molar-refractivity contribution in [2.24, 2.45) is 5.41 Å². The number of aromatic nitrogens is 2. The van der Waals surface area contributed by atoms with E-state index in [1.807, 2.05) is 0 Å². The lowest BCUT2D eigenvalue weighted by Crippen LogP contribution is -2.50. The molecule has 3 rings (SSSR count). The standard InChI is InChI=1S/C16H21F3N4O3/c1-9-20-11(4-13(21-9)26-8-16(17,18)19)12(7-24)23-14(25)22-10-5-15(6-10)2-3-15/h4,10,12,24H,2-3,5-8H2,1H3,(H2,22,23,25). The van der Waals surface area contributed by atoms with Crippen molar-refractivity contribution in [1.29, 1.82) is 0 Å². The third kappa shape index (κ3) is 4.75. The third-order valence-electron chi connectivity index (χ3n) is 4.71. The second-order valence-electron chi connectivity index (χ2n) is 7.04. The minimum Gasteiger partial charge on any atom is -0.468 e. The van der Waals surface area contributed by atoms with Crippen molar-refractivity contribution in [2.45, 2.75) is 50.9 Å². The summed E-state index contributed by atoms with van der Waals surface area (Å²) in [7, 11) is 0. The van der Waals surface area contributed by atoms with E-state index in [0.717, 1.165) is 12.8 Å². The van der Waals surface area contributed by atoms with Crippen LogP contribution in [0.2, 0.25) is 0 Å². The number of aliphatic hydroxyl groups excluding tert-OH is 1. The monoisotopic (exact) mass is 374 g/mol. The summed E-state index contributed by atoms with van der Waals surface area (Å²) in [5, 5.41) is 15.0. The smallest absolute Gasteiger partial charge is 0.422 e. The van der Waals surface area contributed by atoms with Crippen molar-refractivity contribution in [3.8, 4) is 5.88 Å². The topological polar surface area (TPSA) is 96.4 Å². The van der Waals surface area contributed by atoms with Gasteiger partial charge >= 0.3 is 12.2 Å². The first-order valence-corrected chi connectivity index (χ1v) is 8.41. The Morgan fingerprint density at radius 3 is 2.69 bits per heavy atom. The molecule has 0 saturated heterocycles. The van der Waals surface area contributed by atoms with Gasteiger partial charge in [-0.25, -0.2) is 9.78 Å². The van der Waals surface area contributed by atoms with Gasteiger partial charge in [0.25, 0.3) is 0 Å². The summed E-state index contributed by atoms with van der Waals surface area (Å²) in [4.78, 5) is 19.9. The number of aryl methyl sites for hydroxylation is 1. The predicted octanol–water partition coefficient (Wildman–Crippen LogP) is 2.00. The van der Waals surface area contributed by atoms with E-state index in [1.165, 1.54) is 25.8 Å². The Morgan fingerprint density at radius 2 is 2.12 bits per heavy atom. The molecule has 26 heavy (non-hydrogen) atoms. The number of nitrogens with one attached hydrogen (secondary N) is 2. The molecule has 7 nitrogen and oxygen atoms in total. The Kier molecular flexibility index (Phi) is 4.96. The molecule has 1 aromatic rings. The van der Waals surface area contributed by atoms with E-state index in [0.29, 0.717) is 5.41 Å². The Morgan fingerprint density at radius 1 is 1.42 bits per heavy atom. The molecule has 1 heterocycles. The lowest BCUT2D eigenvalue weighted by Gasteiger charge is -2.36. The van der Waals surface area contributed by atoms with Gasteiger partial charge in [-0.05, 0) is 38.0 Å². The lowest BCUT2D eigenvalue weighted by molar-refractivity contribution is -0.154. The van der Waals surface area contributed by atoms with Gasteiger partial charge in [-0.15, -0.1) is 0 Å². The summed E-state index contributed by atoms with van der Waals surface area (Å²) < 4.78 is 41.5. The molecule has 2 fully saturated rings. The maximum absolute atomic E-state index is 12.3. The van der Waals surface area contributed by atoms with E-state index >= 15 is 0 Å². The van der Waals surface area contributed by atoms with Crippen molar-refractivity contribution in [3.63, 3.8) is 0 Å². The molecule has 0 radical (unpaired) electrons. The summed E-state index contributed by atoms with van der Waals surface area (Å²) >= 11 is 0. The zero-order valence-electron chi connectivity index (χ0n) is 14.3. The average molecular weight is 374 g/mol. The normalized spacial score (nSPS) is 19.6. The van der Waals surface area contributed by atoms with Gasteiger partial charge in [0.05, 0.1) is 18.3 Å². The molecule has 0 bridgehead atoms. The number of ether oxygens (including phenoxy) is 1. The van der Waals surface area contributed by atoms with Crippen LogP contribution in [0.4, 0.5) is 18.0 Å². The molecule has 1 aromatic heterocycles. The van der Waals surface area contributed by atoms with Crippen molar-refractivity contribution in [3.05, 3.63) is 17.6 Å². The van der Waals surface area contributed by atoms with Crippen molar-refractivity contribution in [2.75, 3.05) is 13.2 Å². The minimum absolute atomic E-state index is 0.120. The fraction of sp³-hybridized carbons (Fsp3) is 0.688. The largest absolute Gasteiger partial charge is 0.468 e. The number of hydrogen-bond donors (Lipinski definition) is 3. The Labute approximate surface area is 148 Å². The van der Waals surface area contributed by atoms with Crippen molar-refractivity contribution < 1.29 is 27.8 Å². The molecule has 3 N–H and O–H groups in total. The van der Waals surface area contributed by atoms with Gasteiger partial charge in [-0.1, -0.05) is 0 Å². The van der Waals surface area contributed by atoms with Gasteiger partial charge in [-0.3, -0.25) is 0 Å². The van der Waals surface area contributed by atoms with Crippen LogP contribution in [-0.2, 0) is 0 Å². The molecule has 1 unspecified atom stereocenters. The van der Waals surface area contributed by atoms with Gasteiger partial charge in [0, 0.05) is 12.1 Å². The highest BCUT2D eigenvalue weighted by Gasteiger charge is 2.53. The van der Waals surface area contributed by atoms with Crippen LogP contribution in [0.1, 0.15) is 43.2 Å². The van der Waals surface area contributed by atoms with Crippen LogP contribution in [0, 0.1) is 12.3 Å². The van der Waals surface area contributed by atoms with Crippen LogP contribution < -0.4 is 15.4 Å². The number of hydrogen-bond acceptors (Lipinski definition) is 5. The Balaban J connectivity index is 1.59. The summed E-state index contributed by atoms with van der Waals surface area (Å²) in [6.45, 7) is -0.455. The molecule has 1 atom stereocenters. The number of carbonyl (C=O) groups excluding carboxylic acids is 1. The molecular weight excluding hydrogens is 353 g/mol. The Hall–Kier alpha value is -2.10. The molecule has 2 aliphatic carbocycles. The number of carbonyl (C=O) groups is 1. The molecule has 2 aliphatic rings. The minimum atomic E-state index is -4.49. The maximum atomic E-state index is 12.3. The molecular formula is C16H21F3N4O3. The van der Waals surface area contributed by atoms with Crippen molar-refractivity contribution in [1.82, 2.24) is 20.6 Å². The van der Waals surface area contributed by atoms with E-state index in [-0.39, 0.29) is 23.4 Å². The number of halogens is 3. The van der Waals surface area contributed by atoms with Crippen LogP contribution in [-0.4, -0.2) is 46.5 Å². The van der Waals surface area contributed by atoms with Crippen LogP contribution >= 0.6 is 0 Å². The van der Waals surface area contributed by atoms with E-state index in [1.54, 1.807) is 0 Å². The molecule has 2 amide bonds.